The summed E-state index contributed by atoms with van der Waals surface area (Å²) in [6.45, 7) is 0. The van der Waals surface area contributed by atoms with Crippen molar-refractivity contribution in [2.75, 3.05) is 11.6 Å². The van der Waals surface area contributed by atoms with Crippen LogP contribution in [-0.2, 0) is 4.79 Å². The number of thiophene rings is 1. The van der Waals surface area contributed by atoms with E-state index in [1.165, 1.54) is 28.0 Å². The molecule has 1 aromatic heterocycles. The maximum Gasteiger partial charge on any atom is 0.327 e. The first kappa shape index (κ1) is 15.0. The van der Waals surface area contributed by atoms with E-state index in [0.717, 1.165) is 10.1 Å². The molecule has 1 aliphatic rings. The number of hydrogen-bond donors (Lipinski definition) is 1. The number of carbonyl (C=O) groups excluding carboxylic acids is 1. The number of amides is 1. The lowest BCUT2D eigenvalue weighted by molar-refractivity contribution is -0.140. The molecule has 21 heavy (non-hydrogen) atoms. The first-order valence-corrected chi connectivity index (χ1v) is 8.71. The third-order valence-corrected chi connectivity index (χ3v) is 6.11. The molecule has 110 valence electrons. The summed E-state index contributed by atoms with van der Waals surface area (Å²) in [5.74, 6) is -0.570. The molecule has 1 unspecified atom stereocenters. The molecule has 0 radical (unpaired) electrons. The number of carbonyl (C=O) groups is 2. The van der Waals surface area contributed by atoms with Crippen LogP contribution in [0.25, 0.3) is 10.1 Å². The highest BCUT2D eigenvalue weighted by molar-refractivity contribution is 7.99. The molecule has 0 spiro atoms. The topological polar surface area (TPSA) is 57.6 Å². The van der Waals surface area contributed by atoms with Crippen LogP contribution in [0.2, 0.25) is 10.0 Å². The largest absolute Gasteiger partial charge is 0.480 e. The number of halogens is 2. The number of carboxylic acid groups (broad SMARTS) is 1. The second kappa shape index (κ2) is 5.68. The van der Waals surface area contributed by atoms with Gasteiger partial charge in [0.05, 0.1) is 10.9 Å². The number of aliphatic carboxylic acids is 1. The molecule has 1 N–H and O–H groups in total. The van der Waals surface area contributed by atoms with E-state index in [2.05, 4.69) is 0 Å². The predicted octanol–water partition coefficient (Wildman–Crippen LogP) is 3.81. The number of benzene rings is 1. The Morgan fingerprint density at radius 3 is 2.81 bits per heavy atom. The van der Waals surface area contributed by atoms with E-state index in [4.69, 9.17) is 23.2 Å². The van der Waals surface area contributed by atoms with Crippen molar-refractivity contribution in [1.29, 1.82) is 0 Å². The molecule has 2 aromatic rings. The molecule has 4 nitrogen and oxygen atoms in total. The van der Waals surface area contributed by atoms with Gasteiger partial charge in [0, 0.05) is 20.9 Å². The van der Waals surface area contributed by atoms with Gasteiger partial charge in [-0.3, -0.25) is 4.79 Å². The molecule has 0 aliphatic carbocycles. The molecule has 1 aromatic carbocycles. The average molecular weight is 362 g/mol. The van der Waals surface area contributed by atoms with E-state index >= 15 is 0 Å². The van der Waals surface area contributed by atoms with Crippen LogP contribution in [0.4, 0.5) is 0 Å². The fourth-order valence-corrected chi connectivity index (χ4v) is 5.04. The van der Waals surface area contributed by atoms with Gasteiger partial charge >= 0.3 is 5.97 Å². The summed E-state index contributed by atoms with van der Waals surface area (Å²) in [4.78, 5) is 25.5. The number of fused-ring (bicyclic) bond motifs is 1. The lowest BCUT2D eigenvalue weighted by Gasteiger charge is -2.19. The van der Waals surface area contributed by atoms with Crippen molar-refractivity contribution in [2.45, 2.75) is 6.04 Å². The van der Waals surface area contributed by atoms with Gasteiger partial charge in [-0.2, -0.15) is 0 Å². The van der Waals surface area contributed by atoms with Crippen LogP contribution in [0.15, 0.2) is 18.2 Å². The molecule has 3 rings (SSSR count). The van der Waals surface area contributed by atoms with Crippen molar-refractivity contribution in [2.24, 2.45) is 0 Å². The Hall–Kier alpha value is -0.950. The Morgan fingerprint density at radius 2 is 2.10 bits per heavy atom. The Kier molecular flexibility index (Phi) is 4.05. The van der Waals surface area contributed by atoms with Crippen molar-refractivity contribution in [1.82, 2.24) is 4.90 Å². The number of thioether (sulfide) groups is 1. The van der Waals surface area contributed by atoms with Crippen LogP contribution < -0.4 is 0 Å². The lowest BCUT2D eigenvalue weighted by atomic mass is 10.2. The van der Waals surface area contributed by atoms with Crippen LogP contribution in [0.3, 0.4) is 0 Å². The van der Waals surface area contributed by atoms with E-state index in [-0.39, 0.29) is 5.91 Å². The normalized spacial score (nSPS) is 18.4. The van der Waals surface area contributed by atoms with Crippen molar-refractivity contribution in [3.63, 3.8) is 0 Å². The van der Waals surface area contributed by atoms with Crippen LogP contribution in [-0.4, -0.2) is 39.6 Å². The minimum atomic E-state index is -0.992. The summed E-state index contributed by atoms with van der Waals surface area (Å²) in [6.07, 6.45) is 0. The number of carboxylic acids is 1. The maximum absolute atomic E-state index is 12.6. The van der Waals surface area contributed by atoms with Gasteiger partial charge in [-0.05, 0) is 12.1 Å². The van der Waals surface area contributed by atoms with Gasteiger partial charge in [-0.15, -0.1) is 23.1 Å². The van der Waals surface area contributed by atoms with E-state index in [9.17, 15) is 14.7 Å². The smallest absolute Gasteiger partial charge is 0.327 e. The fraction of sp³-hybridized carbons (Fsp3) is 0.231. The monoisotopic (exact) mass is 361 g/mol. The molecule has 1 amide bonds. The molecular formula is C13H9Cl2NO3S2. The molecular weight excluding hydrogens is 353 g/mol. The Balaban J connectivity index is 2.02. The average Bonchev–Trinajstić information content (AvgIpc) is 3.03. The second-order valence-electron chi connectivity index (χ2n) is 4.51. The SMILES string of the molecule is O=C(O)C1CSCN1C(=O)c1sc2cc(Cl)ccc2c1Cl. The second-order valence-corrected chi connectivity index (χ2v) is 7.38. The fourth-order valence-electron chi connectivity index (χ4n) is 2.15. The minimum Gasteiger partial charge on any atom is -0.480 e. The molecule has 0 bridgehead atoms. The summed E-state index contributed by atoms with van der Waals surface area (Å²) in [5.41, 5.74) is 0. The van der Waals surface area contributed by atoms with Gasteiger partial charge in [0.1, 0.15) is 10.9 Å². The van der Waals surface area contributed by atoms with Gasteiger partial charge < -0.3 is 10.0 Å². The van der Waals surface area contributed by atoms with E-state index < -0.39 is 12.0 Å². The van der Waals surface area contributed by atoms with E-state index in [0.29, 0.717) is 26.6 Å². The Bertz CT molecular complexity index is 746. The Morgan fingerprint density at radius 1 is 1.33 bits per heavy atom. The molecule has 2 heterocycles. The third-order valence-electron chi connectivity index (χ3n) is 3.21. The number of hydrogen-bond acceptors (Lipinski definition) is 4. The molecule has 1 saturated heterocycles. The quantitative estimate of drug-likeness (QED) is 0.883. The molecule has 1 atom stereocenters. The molecule has 1 fully saturated rings. The molecule has 0 saturated carbocycles. The van der Waals surface area contributed by atoms with E-state index in [1.54, 1.807) is 18.2 Å². The van der Waals surface area contributed by atoms with Gasteiger partial charge in [0.2, 0.25) is 0 Å². The Labute approximate surface area is 138 Å². The highest BCUT2D eigenvalue weighted by Crippen LogP contribution is 2.38. The highest BCUT2D eigenvalue weighted by Gasteiger charge is 2.36. The molecule has 8 heteroatoms. The number of rotatable bonds is 2. The minimum absolute atomic E-state index is 0.338. The standard InChI is InChI=1S/C13H9Cl2NO3S2/c14-6-1-2-7-9(3-6)21-11(10(7)15)12(17)16-5-20-4-8(16)13(18)19/h1-3,8H,4-5H2,(H,18,19). The lowest BCUT2D eigenvalue weighted by Crippen LogP contribution is -2.41. The summed E-state index contributed by atoms with van der Waals surface area (Å²) in [7, 11) is 0. The van der Waals surface area contributed by atoms with Crippen molar-refractivity contribution >= 4 is 68.3 Å². The highest BCUT2D eigenvalue weighted by atomic mass is 35.5. The van der Waals surface area contributed by atoms with Gasteiger partial charge in [-0.1, -0.05) is 29.3 Å². The zero-order chi connectivity index (χ0) is 15.1. The maximum atomic E-state index is 12.6. The van der Waals surface area contributed by atoms with Gasteiger partial charge in [0.25, 0.3) is 5.91 Å². The van der Waals surface area contributed by atoms with Gasteiger partial charge in [0.15, 0.2) is 0 Å². The van der Waals surface area contributed by atoms with Crippen molar-refractivity contribution < 1.29 is 14.7 Å². The summed E-state index contributed by atoms with van der Waals surface area (Å²) < 4.78 is 0.814. The molecule has 1 aliphatic heterocycles. The van der Waals surface area contributed by atoms with Crippen LogP contribution in [0.1, 0.15) is 9.67 Å². The van der Waals surface area contributed by atoms with Crippen molar-refractivity contribution in [3.8, 4) is 0 Å². The van der Waals surface area contributed by atoms with Crippen LogP contribution in [0, 0.1) is 0 Å². The van der Waals surface area contributed by atoms with E-state index in [1.807, 2.05) is 0 Å². The zero-order valence-corrected chi connectivity index (χ0v) is 13.7. The number of nitrogens with zero attached hydrogens (tertiary/aromatic N) is 1. The zero-order valence-electron chi connectivity index (χ0n) is 10.5. The first-order valence-electron chi connectivity index (χ1n) is 5.98. The first-order chi connectivity index (χ1) is 9.99. The summed E-state index contributed by atoms with van der Waals surface area (Å²) in [6, 6.07) is 4.42. The predicted molar refractivity (Wildman–Crippen MR) is 86.8 cm³/mol. The van der Waals surface area contributed by atoms with Gasteiger partial charge in [-0.25, -0.2) is 4.79 Å². The summed E-state index contributed by atoms with van der Waals surface area (Å²) in [5, 5.41) is 10.9. The van der Waals surface area contributed by atoms with Crippen molar-refractivity contribution in [3.05, 3.63) is 33.1 Å². The van der Waals surface area contributed by atoms with Crippen LogP contribution in [0.5, 0.6) is 0 Å². The van der Waals surface area contributed by atoms with Crippen LogP contribution >= 0.6 is 46.3 Å². The third kappa shape index (κ3) is 2.61. The summed E-state index contributed by atoms with van der Waals surface area (Å²) >= 11 is 14.9.